The Morgan fingerprint density at radius 3 is 2.33 bits per heavy atom. The molecule has 0 aromatic heterocycles. The molecule has 0 saturated carbocycles. The van der Waals surface area contributed by atoms with Gasteiger partial charge in [-0.3, -0.25) is 14.9 Å². The van der Waals surface area contributed by atoms with E-state index in [0.29, 0.717) is 18.7 Å². The molecule has 0 saturated heterocycles. The number of hydrogen-bond donors (Lipinski definition) is 1. The summed E-state index contributed by atoms with van der Waals surface area (Å²) in [5, 5.41) is 13.7. The van der Waals surface area contributed by atoms with Gasteiger partial charge in [0.25, 0.3) is 5.69 Å². The molecule has 0 unspecified atom stereocenters. The fourth-order valence-corrected chi connectivity index (χ4v) is 3.56. The lowest BCUT2D eigenvalue weighted by atomic mass is 9.76. The van der Waals surface area contributed by atoms with Crippen LogP contribution in [-0.2, 0) is 15.6 Å². The summed E-state index contributed by atoms with van der Waals surface area (Å²) in [5.74, 6) is 0.621. The number of carbonyl (C=O) groups excluding carboxylic acids is 1. The Morgan fingerprint density at radius 1 is 1.06 bits per heavy atom. The van der Waals surface area contributed by atoms with Crippen molar-refractivity contribution in [1.29, 1.82) is 0 Å². The number of anilines is 1. The molecule has 7 heteroatoms. The van der Waals surface area contributed by atoms with Gasteiger partial charge in [0.1, 0.15) is 10.8 Å². The molecule has 0 radical (unpaired) electrons. The maximum absolute atomic E-state index is 12.3. The number of nitrogens with one attached hydrogen (secondary N) is 1. The van der Waals surface area contributed by atoms with E-state index in [4.69, 9.17) is 16.3 Å². The number of nitrogens with zero attached hydrogens (tertiary/aromatic N) is 1. The lowest BCUT2D eigenvalue weighted by Crippen LogP contribution is -2.21. The van der Waals surface area contributed by atoms with Crippen LogP contribution in [-0.4, -0.2) is 17.4 Å². The van der Waals surface area contributed by atoms with Crippen LogP contribution in [0, 0.1) is 10.1 Å². The Morgan fingerprint density at radius 2 is 1.73 bits per heavy atom. The number of ether oxygens (including phenoxy) is 1. The summed E-state index contributed by atoms with van der Waals surface area (Å²) in [7, 11) is 0. The van der Waals surface area contributed by atoms with Crippen molar-refractivity contribution in [1.82, 2.24) is 0 Å². The highest BCUT2D eigenvalue weighted by Crippen LogP contribution is 2.38. The number of nitro benzene ring substituents is 1. The molecule has 0 aliphatic rings. The highest BCUT2D eigenvalue weighted by atomic mass is 35.5. The average Bonchev–Trinajstić information content (AvgIpc) is 2.77. The number of carbonyl (C=O) groups is 1. The maximum atomic E-state index is 12.3. The van der Waals surface area contributed by atoms with Gasteiger partial charge in [-0.1, -0.05) is 65.3 Å². The van der Waals surface area contributed by atoms with Crippen molar-refractivity contribution in [3.63, 3.8) is 0 Å². The first kappa shape index (κ1) is 26.7. The van der Waals surface area contributed by atoms with Crippen molar-refractivity contribution in [3.05, 3.63) is 62.7 Å². The first-order valence-electron chi connectivity index (χ1n) is 11.4. The molecule has 0 spiro atoms. The molecule has 0 atom stereocenters. The van der Waals surface area contributed by atoms with Crippen molar-refractivity contribution in [2.24, 2.45) is 0 Å². The molecule has 180 valence electrons. The number of hydrogen-bond acceptors (Lipinski definition) is 4. The quantitative estimate of drug-likeness (QED) is 0.208. The Bertz CT molecular complexity index is 1000. The van der Waals surface area contributed by atoms with E-state index in [0.717, 1.165) is 18.6 Å². The third-order valence-corrected chi connectivity index (χ3v) is 6.81. The molecule has 6 nitrogen and oxygen atoms in total. The fraction of sp³-hybridized carbons (Fsp3) is 0.500. The molecule has 0 aliphatic heterocycles. The number of nitro groups is 1. The van der Waals surface area contributed by atoms with Crippen molar-refractivity contribution in [2.45, 2.75) is 78.1 Å². The van der Waals surface area contributed by atoms with Gasteiger partial charge >= 0.3 is 0 Å². The van der Waals surface area contributed by atoms with E-state index < -0.39 is 4.92 Å². The molecule has 2 aromatic carbocycles. The van der Waals surface area contributed by atoms with Crippen LogP contribution in [0.1, 0.15) is 78.4 Å². The third kappa shape index (κ3) is 6.94. The van der Waals surface area contributed by atoms with Gasteiger partial charge in [-0.25, -0.2) is 0 Å². The number of amides is 1. The molecular formula is C26H35ClN2O4. The smallest absolute Gasteiger partial charge is 0.289 e. The summed E-state index contributed by atoms with van der Waals surface area (Å²) in [5.41, 5.74) is 2.64. The van der Waals surface area contributed by atoms with Crippen LogP contribution in [0.3, 0.4) is 0 Å². The SMILES string of the molecule is CCC(C)(C)c1ccc(OCCCC(=O)Nc2ccc(Cl)c([N+](=O)[O-])c2)c(C(C)(C)CC)c1. The highest BCUT2D eigenvalue weighted by Gasteiger charge is 2.26. The van der Waals surface area contributed by atoms with Crippen LogP contribution in [0.15, 0.2) is 36.4 Å². The number of benzene rings is 2. The lowest BCUT2D eigenvalue weighted by molar-refractivity contribution is -0.384. The van der Waals surface area contributed by atoms with Crippen LogP contribution in [0.5, 0.6) is 5.75 Å². The molecule has 0 aliphatic carbocycles. The molecular weight excluding hydrogens is 440 g/mol. The van der Waals surface area contributed by atoms with Gasteiger partial charge in [0.15, 0.2) is 0 Å². The summed E-state index contributed by atoms with van der Waals surface area (Å²) >= 11 is 5.82. The van der Waals surface area contributed by atoms with Gasteiger partial charge in [0, 0.05) is 23.7 Å². The van der Waals surface area contributed by atoms with E-state index in [1.165, 1.54) is 23.3 Å². The number of rotatable bonds is 11. The minimum absolute atomic E-state index is 0.0319. The Kier molecular flexibility index (Phi) is 8.89. The summed E-state index contributed by atoms with van der Waals surface area (Å²) in [6, 6.07) is 10.7. The second-order valence-electron chi connectivity index (χ2n) is 9.61. The molecule has 0 heterocycles. The predicted octanol–water partition coefficient (Wildman–Crippen LogP) is 7.42. The Balaban J connectivity index is 2.02. The minimum Gasteiger partial charge on any atom is -0.493 e. The summed E-state index contributed by atoms with van der Waals surface area (Å²) in [4.78, 5) is 22.7. The summed E-state index contributed by atoms with van der Waals surface area (Å²) in [6.07, 6.45) is 2.79. The largest absolute Gasteiger partial charge is 0.493 e. The van der Waals surface area contributed by atoms with Gasteiger partial charge in [0.2, 0.25) is 5.91 Å². The molecule has 2 rings (SSSR count). The fourth-order valence-electron chi connectivity index (χ4n) is 3.37. The molecule has 33 heavy (non-hydrogen) atoms. The van der Waals surface area contributed by atoms with Crippen LogP contribution in [0.2, 0.25) is 5.02 Å². The first-order chi connectivity index (χ1) is 15.4. The highest BCUT2D eigenvalue weighted by molar-refractivity contribution is 6.32. The Hall–Kier alpha value is -2.60. The van der Waals surface area contributed by atoms with E-state index >= 15 is 0 Å². The van der Waals surface area contributed by atoms with E-state index in [1.807, 2.05) is 6.07 Å². The average molecular weight is 475 g/mol. The number of halogens is 1. The van der Waals surface area contributed by atoms with E-state index in [1.54, 1.807) is 6.07 Å². The zero-order valence-corrected chi connectivity index (χ0v) is 21.2. The standard InChI is InChI=1S/C26H35ClN2O4/c1-7-25(3,4)18-11-14-23(20(16-18)26(5,6)8-2)33-15-9-10-24(30)28-19-12-13-21(27)22(17-19)29(31)32/h11-14,16-17H,7-10,15H2,1-6H3,(H,28,30). The van der Waals surface area contributed by atoms with Crippen LogP contribution in [0.4, 0.5) is 11.4 Å². The van der Waals surface area contributed by atoms with E-state index in [9.17, 15) is 14.9 Å². The first-order valence-corrected chi connectivity index (χ1v) is 11.8. The second kappa shape index (κ2) is 11.0. The molecule has 0 fully saturated rings. The topological polar surface area (TPSA) is 81.5 Å². The normalized spacial score (nSPS) is 11.8. The van der Waals surface area contributed by atoms with Gasteiger partial charge in [-0.2, -0.15) is 0 Å². The minimum atomic E-state index is -0.575. The van der Waals surface area contributed by atoms with Gasteiger partial charge in [-0.15, -0.1) is 0 Å². The summed E-state index contributed by atoms with van der Waals surface area (Å²) < 4.78 is 6.11. The van der Waals surface area contributed by atoms with E-state index in [2.05, 4.69) is 59.0 Å². The van der Waals surface area contributed by atoms with Gasteiger partial charge < -0.3 is 10.1 Å². The van der Waals surface area contributed by atoms with E-state index in [-0.39, 0.29) is 33.9 Å². The van der Waals surface area contributed by atoms with Gasteiger partial charge in [-0.05, 0) is 53.9 Å². The van der Waals surface area contributed by atoms with Crippen molar-refractivity contribution < 1.29 is 14.5 Å². The molecule has 1 N–H and O–H groups in total. The molecule has 2 aromatic rings. The molecule has 1 amide bonds. The third-order valence-electron chi connectivity index (χ3n) is 6.49. The maximum Gasteiger partial charge on any atom is 0.289 e. The zero-order valence-electron chi connectivity index (χ0n) is 20.5. The van der Waals surface area contributed by atoms with Crippen LogP contribution >= 0.6 is 11.6 Å². The van der Waals surface area contributed by atoms with Crippen LogP contribution in [0.25, 0.3) is 0 Å². The summed E-state index contributed by atoms with van der Waals surface area (Å²) in [6.45, 7) is 13.7. The van der Waals surface area contributed by atoms with Gasteiger partial charge in [0.05, 0.1) is 11.5 Å². The van der Waals surface area contributed by atoms with Crippen molar-refractivity contribution in [3.8, 4) is 5.75 Å². The monoisotopic (exact) mass is 474 g/mol. The predicted molar refractivity (Wildman–Crippen MR) is 135 cm³/mol. The lowest BCUT2D eigenvalue weighted by Gasteiger charge is -2.30. The second-order valence-corrected chi connectivity index (χ2v) is 10.0. The van der Waals surface area contributed by atoms with Crippen molar-refractivity contribution in [2.75, 3.05) is 11.9 Å². The zero-order chi connectivity index (χ0) is 24.8. The van der Waals surface area contributed by atoms with Crippen molar-refractivity contribution >= 4 is 28.9 Å². The Labute approximate surface area is 201 Å². The molecule has 0 bridgehead atoms. The van der Waals surface area contributed by atoms with Crippen LogP contribution < -0.4 is 10.1 Å².